The molecule has 15 heteroatoms. The Labute approximate surface area is 361 Å². The van der Waals surface area contributed by atoms with E-state index < -0.39 is 5.97 Å². The van der Waals surface area contributed by atoms with Gasteiger partial charge in [-0.3, -0.25) is 13.6 Å². The van der Waals surface area contributed by atoms with Gasteiger partial charge in [0.05, 0.1) is 33.1 Å². The molecule has 2 fully saturated rings. The summed E-state index contributed by atoms with van der Waals surface area (Å²) in [5.41, 5.74) is 8.74. The number of carbonyl (C=O) groups excluding carboxylic acids is 1. The molecular formula is C48H46N12O3. The lowest BCUT2D eigenvalue weighted by Gasteiger charge is -2.20. The van der Waals surface area contributed by atoms with Crippen LogP contribution in [0.15, 0.2) is 109 Å². The average Bonchev–Trinajstić information content (AvgIpc) is 3.69. The number of carboxylic acid groups (broad SMARTS) is 1. The van der Waals surface area contributed by atoms with Crippen LogP contribution < -0.4 is 5.32 Å². The van der Waals surface area contributed by atoms with E-state index >= 15 is 0 Å². The number of pyridine rings is 2. The third-order valence-electron chi connectivity index (χ3n) is 11.8. The van der Waals surface area contributed by atoms with E-state index in [1.807, 2.05) is 118 Å². The molecule has 63 heavy (non-hydrogen) atoms. The summed E-state index contributed by atoms with van der Waals surface area (Å²) >= 11 is 0. The van der Waals surface area contributed by atoms with Crippen molar-refractivity contribution in [2.75, 3.05) is 66.5 Å². The minimum Gasteiger partial charge on any atom is -0.476 e. The lowest BCUT2D eigenvalue weighted by Crippen LogP contribution is -2.35. The molecule has 12 rings (SSSR count). The van der Waals surface area contributed by atoms with Gasteiger partial charge in [-0.05, 0) is 95.1 Å². The second kappa shape index (κ2) is 16.9. The van der Waals surface area contributed by atoms with Crippen molar-refractivity contribution in [3.63, 3.8) is 0 Å². The Morgan fingerprint density at radius 1 is 0.492 bits per heavy atom. The number of nitrogens with one attached hydrogen (secondary N) is 1. The Hall–Kier alpha value is -7.20. The van der Waals surface area contributed by atoms with Gasteiger partial charge >= 0.3 is 5.97 Å². The molecule has 6 aromatic heterocycles. The number of aromatic carboxylic acids is 1. The maximum atomic E-state index is 13.6. The van der Waals surface area contributed by atoms with Crippen molar-refractivity contribution in [3.8, 4) is 0 Å². The highest BCUT2D eigenvalue weighted by Gasteiger charge is 2.26. The molecule has 2 aliphatic rings. The molecule has 0 unspecified atom stereocenters. The van der Waals surface area contributed by atoms with Gasteiger partial charge in [-0.1, -0.05) is 60.7 Å². The summed E-state index contributed by atoms with van der Waals surface area (Å²) in [4.78, 5) is 59.8. The first kappa shape index (κ1) is 39.9. The molecule has 0 saturated carbocycles. The molecule has 1 amide bonds. The molecule has 2 N–H and O–H groups in total. The molecule has 0 bridgehead atoms. The molecule has 10 aromatic rings. The Morgan fingerprint density at radius 3 is 1.59 bits per heavy atom. The summed E-state index contributed by atoms with van der Waals surface area (Å²) in [6.45, 7) is 8.10. The Balaban J connectivity index is 0.000000130. The Bertz CT molecular complexity index is 3360. The molecule has 8 heterocycles. The fourth-order valence-electron chi connectivity index (χ4n) is 8.49. The molecule has 0 spiro atoms. The van der Waals surface area contributed by atoms with E-state index in [2.05, 4.69) is 39.2 Å². The van der Waals surface area contributed by atoms with Gasteiger partial charge in [-0.25, -0.2) is 34.7 Å². The number of rotatable bonds is 2. The van der Waals surface area contributed by atoms with E-state index in [1.54, 1.807) is 4.40 Å². The third kappa shape index (κ3) is 7.71. The van der Waals surface area contributed by atoms with E-state index in [-0.39, 0.29) is 11.6 Å². The van der Waals surface area contributed by atoms with Crippen LogP contribution in [-0.4, -0.2) is 137 Å². The number of aromatic nitrogens is 8. The van der Waals surface area contributed by atoms with E-state index in [1.165, 1.54) is 26.1 Å². The zero-order valence-corrected chi connectivity index (χ0v) is 35.1. The number of carboxylic acids is 1. The van der Waals surface area contributed by atoms with Gasteiger partial charge in [0.25, 0.3) is 5.91 Å². The predicted molar refractivity (Wildman–Crippen MR) is 247 cm³/mol. The van der Waals surface area contributed by atoms with E-state index in [0.29, 0.717) is 45.7 Å². The summed E-state index contributed by atoms with van der Waals surface area (Å²) in [7, 11) is 4.27. The Kier molecular flexibility index (Phi) is 10.7. The number of hydrogen-bond acceptors (Lipinski definition) is 11. The molecule has 0 atom stereocenters. The lowest BCUT2D eigenvalue weighted by atomic mass is 10.2. The van der Waals surface area contributed by atoms with Crippen LogP contribution in [0.1, 0.15) is 33.8 Å². The molecule has 2 aliphatic heterocycles. The van der Waals surface area contributed by atoms with Crippen molar-refractivity contribution in [3.05, 3.63) is 121 Å². The number of fused-ring (bicyclic) bond motifs is 12. The Morgan fingerprint density at radius 2 is 0.984 bits per heavy atom. The molecule has 0 radical (unpaired) electrons. The van der Waals surface area contributed by atoms with Crippen LogP contribution in [0.4, 0.5) is 0 Å². The number of imidazole rings is 2. The van der Waals surface area contributed by atoms with Crippen molar-refractivity contribution in [1.29, 1.82) is 0 Å². The number of amides is 1. The minimum absolute atomic E-state index is 0.0642. The fraction of sp³-hybridized carbons (Fsp3) is 0.250. The monoisotopic (exact) mass is 838 g/mol. The van der Waals surface area contributed by atoms with Crippen LogP contribution in [0.25, 0.3) is 77.5 Å². The summed E-state index contributed by atoms with van der Waals surface area (Å²) in [6, 6.07) is 35.0. The third-order valence-corrected chi connectivity index (χ3v) is 11.8. The molecule has 316 valence electrons. The molecule has 15 nitrogen and oxygen atoms in total. The largest absolute Gasteiger partial charge is 0.476 e. The number of carbonyl (C=O) groups is 2. The van der Waals surface area contributed by atoms with Crippen LogP contribution in [0, 0.1) is 0 Å². The number of benzene rings is 4. The summed E-state index contributed by atoms with van der Waals surface area (Å²) in [6.07, 6.45) is 2.26. The van der Waals surface area contributed by atoms with Gasteiger partial charge in [0.15, 0.2) is 34.0 Å². The predicted octanol–water partition coefficient (Wildman–Crippen LogP) is 6.56. The van der Waals surface area contributed by atoms with E-state index in [4.69, 9.17) is 19.9 Å². The highest BCUT2D eigenvalue weighted by Crippen LogP contribution is 2.28. The maximum absolute atomic E-state index is 13.6. The van der Waals surface area contributed by atoms with Crippen LogP contribution in [-0.2, 0) is 0 Å². The molecular weight excluding hydrogens is 793 g/mol. The average molecular weight is 839 g/mol. The number of hydrogen-bond donors (Lipinski definition) is 2. The summed E-state index contributed by atoms with van der Waals surface area (Å²) in [5, 5.41) is 14.8. The van der Waals surface area contributed by atoms with Gasteiger partial charge in [0.2, 0.25) is 0 Å². The van der Waals surface area contributed by atoms with Crippen molar-refractivity contribution >= 4 is 89.4 Å². The maximum Gasteiger partial charge on any atom is 0.358 e. The zero-order chi connectivity index (χ0) is 43.0. The van der Waals surface area contributed by atoms with Crippen molar-refractivity contribution in [2.45, 2.75) is 12.8 Å². The van der Waals surface area contributed by atoms with Gasteiger partial charge in [0.1, 0.15) is 11.0 Å². The van der Waals surface area contributed by atoms with E-state index in [9.17, 15) is 14.7 Å². The van der Waals surface area contributed by atoms with Crippen molar-refractivity contribution in [2.24, 2.45) is 0 Å². The summed E-state index contributed by atoms with van der Waals surface area (Å²) in [5.74, 6) is -1.17. The first-order valence-corrected chi connectivity index (χ1v) is 21.3. The molecule has 0 aliphatic carbocycles. The van der Waals surface area contributed by atoms with Crippen LogP contribution in [0.5, 0.6) is 0 Å². The van der Waals surface area contributed by atoms with Gasteiger partial charge in [-0.2, -0.15) is 0 Å². The van der Waals surface area contributed by atoms with Gasteiger partial charge < -0.3 is 25.1 Å². The molecule has 2 saturated heterocycles. The van der Waals surface area contributed by atoms with Crippen LogP contribution in [0.3, 0.4) is 0 Å². The standard InChI is InChI=1S/C24H22N6O.C18H10N4O2.C6H14N2/c1-28-11-6-12-29(14-13-28)24(31)21-23-27-18-9-4-5-10-20(18)30(23)22-19(25-21)15-16-7-2-3-8-17(16)26-22;23-18(24)15-17-21-12-7-3-4-8-14(12)22(17)16-13(19-15)9-10-5-1-2-6-11(10)20-16;1-8-5-2-3-7-4-6-8/h2-5,7-10,15H,6,11-14H2,1H3;1-9H,(H,23,24);7H,2-6H2,1H3. The van der Waals surface area contributed by atoms with Gasteiger partial charge in [-0.15, -0.1) is 0 Å². The minimum atomic E-state index is -1.11. The fourth-order valence-corrected chi connectivity index (χ4v) is 8.49. The molecule has 4 aromatic carbocycles. The number of para-hydroxylation sites is 6. The van der Waals surface area contributed by atoms with E-state index in [0.717, 1.165) is 76.6 Å². The van der Waals surface area contributed by atoms with Crippen LogP contribution in [0.2, 0.25) is 0 Å². The van der Waals surface area contributed by atoms with Crippen LogP contribution >= 0.6 is 0 Å². The zero-order valence-electron chi connectivity index (χ0n) is 35.1. The van der Waals surface area contributed by atoms with Crippen molar-refractivity contribution in [1.82, 2.24) is 58.7 Å². The first-order chi connectivity index (χ1) is 30.8. The first-order valence-electron chi connectivity index (χ1n) is 21.3. The highest BCUT2D eigenvalue weighted by atomic mass is 16.4. The summed E-state index contributed by atoms with van der Waals surface area (Å²) < 4.78 is 3.76. The van der Waals surface area contributed by atoms with Gasteiger partial charge in [0, 0.05) is 43.5 Å². The quantitative estimate of drug-likeness (QED) is 0.181. The second-order valence-corrected chi connectivity index (χ2v) is 16.1. The second-order valence-electron chi connectivity index (χ2n) is 16.1. The number of likely N-dealkylation sites (N-methyl/N-ethyl adjacent to an activating group) is 2. The smallest absolute Gasteiger partial charge is 0.358 e. The highest BCUT2D eigenvalue weighted by molar-refractivity contribution is 6.04. The van der Waals surface area contributed by atoms with Crippen molar-refractivity contribution < 1.29 is 14.7 Å². The lowest BCUT2D eigenvalue weighted by molar-refractivity contribution is 0.0691. The topological polar surface area (TPSA) is 162 Å². The normalized spacial score (nSPS) is 15.4. The SMILES string of the molecule is CN1CCCN(C(=O)c2nc3cc4ccccc4nc3n3c2nc2ccccc23)CC1.CN1CCCNCC1.O=C(O)c1nc2cc3ccccc3nc2n2c1nc1ccccc12. The number of nitrogens with zero attached hydrogens (tertiary/aromatic N) is 11.